The van der Waals surface area contributed by atoms with E-state index < -0.39 is 5.92 Å². The van der Waals surface area contributed by atoms with Crippen LogP contribution in [0.3, 0.4) is 0 Å². The molecule has 2 nitrogen and oxygen atoms in total. The average molecular weight is 256 g/mol. The Labute approximate surface area is 108 Å². The van der Waals surface area contributed by atoms with Crippen LogP contribution in [0.5, 0.6) is 0 Å². The summed E-state index contributed by atoms with van der Waals surface area (Å²) in [7, 11) is 3.88. The van der Waals surface area contributed by atoms with Crippen molar-refractivity contribution in [3.05, 3.63) is 35.9 Å². The molecule has 18 heavy (non-hydrogen) atoms. The van der Waals surface area contributed by atoms with E-state index >= 15 is 0 Å². The minimum Gasteiger partial charge on any atom is -0.309 e. The van der Waals surface area contributed by atoms with Gasteiger partial charge in [-0.2, -0.15) is 8.78 Å². The van der Waals surface area contributed by atoms with Crippen molar-refractivity contribution in [3.8, 4) is 0 Å². The molecule has 0 aromatic heterocycles. The first-order chi connectivity index (χ1) is 8.26. The molecule has 1 aromatic carbocycles. The summed E-state index contributed by atoms with van der Waals surface area (Å²) in [5, 5.41) is 2.85. The first-order valence-corrected chi connectivity index (χ1v) is 6.07. The second kappa shape index (κ2) is 5.76. The lowest BCUT2D eigenvalue weighted by Gasteiger charge is -2.33. The highest BCUT2D eigenvalue weighted by molar-refractivity contribution is 5.20. The Morgan fingerprint density at radius 2 is 1.61 bits per heavy atom. The van der Waals surface area contributed by atoms with Gasteiger partial charge in [0.2, 0.25) is 0 Å². The summed E-state index contributed by atoms with van der Waals surface area (Å²) in [5.74, 6) is -2.83. The molecule has 0 aliphatic heterocycles. The van der Waals surface area contributed by atoms with Gasteiger partial charge < -0.3 is 10.2 Å². The van der Waals surface area contributed by atoms with Gasteiger partial charge in [-0.1, -0.05) is 30.3 Å². The number of benzene rings is 1. The highest BCUT2D eigenvalue weighted by Gasteiger charge is 2.31. The van der Waals surface area contributed by atoms with Crippen LogP contribution in [0.25, 0.3) is 0 Å². The van der Waals surface area contributed by atoms with E-state index in [2.05, 4.69) is 5.32 Å². The second-order valence-corrected chi connectivity index (χ2v) is 5.38. The molecule has 0 atom stereocenters. The lowest BCUT2D eigenvalue weighted by molar-refractivity contribution is -0.00572. The van der Waals surface area contributed by atoms with Crippen molar-refractivity contribution in [2.24, 2.45) is 0 Å². The molecule has 0 radical (unpaired) electrons. The second-order valence-electron chi connectivity index (χ2n) is 5.38. The molecule has 1 aromatic rings. The van der Waals surface area contributed by atoms with Gasteiger partial charge in [-0.3, -0.25) is 0 Å². The van der Waals surface area contributed by atoms with Gasteiger partial charge in [0, 0.05) is 17.6 Å². The molecule has 0 saturated carbocycles. The van der Waals surface area contributed by atoms with E-state index in [4.69, 9.17) is 0 Å². The summed E-state index contributed by atoms with van der Waals surface area (Å²) in [6.45, 7) is 4.21. The first-order valence-electron chi connectivity index (χ1n) is 6.07. The van der Waals surface area contributed by atoms with Gasteiger partial charge in [-0.25, -0.2) is 0 Å². The molecule has 0 unspecified atom stereocenters. The zero-order chi connectivity index (χ0) is 13.8. The largest absolute Gasteiger partial charge is 0.309 e. The third-order valence-corrected chi connectivity index (χ3v) is 3.31. The molecule has 0 heterocycles. The number of alkyl halides is 2. The smallest absolute Gasteiger partial charge is 0.285 e. The standard InChI is InChI=1S/C14H22F2N2/c1-13(2,18(3)4)10-17-11-14(15,16)12-8-6-5-7-9-12/h5-9,17H,10-11H2,1-4H3. The van der Waals surface area contributed by atoms with Crippen LogP contribution in [0.15, 0.2) is 30.3 Å². The zero-order valence-electron chi connectivity index (χ0n) is 11.5. The van der Waals surface area contributed by atoms with Crippen LogP contribution in [0.2, 0.25) is 0 Å². The van der Waals surface area contributed by atoms with E-state index in [-0.39, 0.29) is 17.6 Å². The zero-order valence-corrected chi connectivity index (χ0v) is 11.5. The summed E-state index contributed by atoms with van der Waals surface area (Å²) in [6.07, 6.45) is 0. The monoisotopic (exact) mass is 256 g/mol. The summed E-state index contributed by atoms with van der Waals surface area (Å²) in [6, 6.07) is 7.92. The van der Waals surface area contributed by atoms with Crippen molar-refractivity contribution >= 4 is 0 Å². The number of nitrogens with one attached hydrogen (secondary N) is 1. The van der Waals surface area contributed by atoms with Crippen LogP contribution in [0, 0.1) is 0 Å². The van der Waals surface area contributed by atoms with E-state index in [1.165, 1.54) is 12.1 Å². The minimum atomic E-state index is -2.83. The van der Waals surface area contributed by atoms with Crippen molar-refractivity contribution < 1.29 is 8.78 Å². The Balaban J connectivity index is 2.53. The molecule has 0 saturated heterocycles. The fraction of sp³-hybridized carbons (Fsp3) is 0.571. The van der Waals surface area contributed by atoms with Crippen LogP contribution >= 0.6 is 0 Å². The Morgan fingerprint density at radius 3 is 2.11 bits per heavy atom. The molecule has 0 amide bonds. The first kappa shape index (κ1) is 15.1. The van der Waals surface area contributed by atoms with Crippen LogP contribution in [-0.2, 0) is 5.92 Å². The maximum atomic E-state index is 13.9. The van der Waals surface area contributed by atoms with E-state index in [0.29, 0.717) is 6.54 Å². The molecular formula is C14H22F2N2. The highest BCUT2D eigenvalue weighted by atomic mass is 19.3. The van der Waals surface area contributed by atoms with Crippen LogP contribution in [0.1, 0.15) is 19.4 Å². The Morgan fingerprint density at radius 1 is 1.06 bits per heavy atom. The van der Waals surface area contributed by atoms with Crippen LogP contribution in [0.4, 0.5) is 8.78 Å². The normalized spacial score (nSPS) is 13.1. The average Bonchev–Trinajstić information content (AvgIpc) is 2.29. The molecule has 0 bridgehead atoms. The van der Waals surface area contributed by atoms with E-state index in [0.717, 1.165) is 0 Å². The number of hydrogen-bond acceptors (Lipinski definition) is 2. The number of halogens is 2. The summed E-state index contributed by atoms with van der Waals surface area (Å²) in [4.78, 5) is 2.01. The lowest BCUT2D eigenvalue weighted by atomic mass is 10.0. The fourth-order valence-corrected chi connectivity index (χ4v) is 1.47. The van der Waals surface area contributed by atoms with Gasteiger partial charge in [0.15, 0.2) is 0 Å². The van der Waals surface area contributed by atoms with Crippen molar-refractivity contribution in [1.29, 1.82) is 0 Å². The van der Waals surface area contributed by atoms with Crippen molar-refractivity contribution in [2.75, 3.05) is 27.2 Å². The summed E-state index contributed by atoms with van der Waals surface area (Å²) in [5.41, 5.74) is -0.0904. The Kier molecular flexibility index (Phi) is 4.82. The third kappa shape index (κ3) is 4.03. The maximum absolute atomic E-state index is 13.9. The van der Waals surface area contributed by atoms with Crippen molar-refractivity contribution in [2.45, 2.75) is 25.3 Å². The topological polar surface area (TPSA) is 15.3 Å². The van der Waals surface area contributed by atoms with Gasteiger partial charge in [-0.15, -0.1) is 0 Å². The molecule has 4 heteroatoms. The van der Waals surface area contributed by atoms with E-state index in [1.807, 2.05) is 32.8 Å². The summed E-state index contributed by atoms with van der Waals surface area (Å²) < 4.78 is 27.7. The quantitative estimate of drug-likeness (QED) is 0.842. The molecule has 102 valence electrons. The van der Waals surface area contributed by atoms with Crippen molar-refractivity contribution in [1.82, 2.24) is 10.2 Å². The predicted molar refractivity (Wildman–Crippen MR) is 71.0 cm³/mol. The molecule has 0 spiro atoms. The molecular weight excluding hydrogens is 234 g/mol. The van der Waals surface area contributed by atoms with Gasteiger partial charge in [-0.05, 0) is 27.9 Å². The Bertz CT molecular complexity index is 361. The predicted octanol–water partition coefficient (Wildman–Crippen LogP) is 2.71. The lowest BCUT2D eigenvalue weighted by Crippen LogP contribution is -2.48. The van der Waals surface area contributed by atoms with E-state index in [9.17, 15) is 8.78 Å². The number of nitrogens with zero attached hydrogens (tertiary/aromatic N) is 1. The number of likely N-dealkylation sites (N-methyl/N-ethyl adjacent to an activating group) is 1. The van der Waals surface area contributed by atoms with E-state index in [1.54, 1.807) is 18.2 Å². The van der Waals surface area contributed by atoms with Crippen LogP contribution in [-0.4, -0.2) is 37.6 Å². The molecule has 0 fully saturated rings. The highest BCUT2D eigenvalue weighted by Crippen LogP contribution is 2.26. The molecule has 0 aliphatic carbocycles. The third-order valence-electron chi connectivity index (χ3n) is 3.31. The van der Waals surface area contributed by atoms with Gasteiger partial charge >= 0.3 is 0 Å². The molecule has 1 N–H and O–H groups in total. The SMILES string of the molecule is CN(C)C(C)(C)CNCC(F)(F)c1ccccc1. The fourth-order valence-electron chi connectivity index (χ4n) is 1.47. The van der Waals surface area contributed by atoms with Gasteiger partial charge in [0.25, 0.3) is 5.92 Å². The van der Waals surface area contributed by atoms with Gasteiger partial charge in [0.05, 0.1) is 6.54 Å². The minimum absolute atomic E-state index is 0.0557. The summed E-state index contributed by atoms with van der Waals surface area (Å²) >= 11 is 0. The van der Waals surface area contributed by atoms with Crippen LogP contribution < -0.4 is 5.32 Å². The van der Waals surface area contributed by atoms with Gasteiger partial charge in [0.1, 0.15) is 0 Å². The number of hydrogen-bond donors (Lipinski definition) is 1. The number of rotatable bonds is 6. The van der Waals surface area contributed by atoms with Crippen molar-refractivity contribution in [3.63, 3.8) is 0 Å². The molecule has 1 rings (SSSR count). The Hall–Kier alpha value is -1.00. The maximum Gasteiger partial charge on any atom is 0.285 e. The molecule has 0 aliphatic rings.